The number of benzene rings is 2. The van der Waals surface area contributed by atoms with Gasteiger partial charge in [0, 0.05) is 30.6 Å². The first-order chi connectivity index (χ1) is 15.1. The second kappa shape index (κ2) is 8.59. The maximum absolute atomic E-state index is 14.0. The third-order valence-corrected chi connectivity index (χ3v) is 7.41. The summed E-state index contributed by atoms with van der Waals surface area (Å²) >= 11 is 0. The van der Waals surface area contributed by atoms with E-state index in [1.807, 2.05) is 13.8 Å². The summed E-state index contributed by atoms with van der Waals surface area (Å²) < 4.78 is 59.6. The molecule has 2 heterocycles. The number of carbonyl (C=O) groups excluding carboxylic acids is 1. The molecule has 1 amide bonds. The quantitative estimate of drug-likeness (QED) is 0.610. The normalized spacial score (nSPS) is 16.0. The fourth-order valence-electron chi connectivity index (χ4n) is 3.69. The highest BCUT2D eigenvalue weighted by Gasteiger charge is 2.34. The highest BCUT2D eigenvalue weighted by atomic mass is 32.2. The second-order valence-electron chi connectivity index (χ2n) is 8.13. The van der Waals surface area contributed by atoms with Crippen molar-refractivity contribution >= 4 is 32.7 Å². The zero-order valence-electron chi connectivity index (χ0n) is 17.6. The average molecular weight is 464 g/mol. The molecule has 0 aliphatic carbocycles. The van der Waals surface area contributed by atoms with Gasteiger partial charge in [-0.1, -0.05) is 13.8 Å². The number of carbonyl (C=O) groups is 1. The number of aromatic nitrogens is 1. The van der Waals surface area contributed by atoms with Crippen molar-refractivity contribution in [3.05, 3.63) is 53.9 Å². The molecule has 7 nitrogen and oxygen atoms in total. The first-order valence-electron chi connectivity index (χ1n) is 10.3. The predicted molar refractivity (Wildman–Crippen MR) is 115 cm³/mol. The Balaban J connectivity index is 1.41. The van der Waals surface area contributed by atoms with Crippen LogP contribution in [0.5, 0.6) is 0 Å². The van der Waals surface area contributed by atoms with E-state index >= 15 is 0 Å². The first kappa shape index (κ1) is 22.3. The lowest BCUT2D eigenvalue weighted by Crippen LogP contribution is -2.41. The lowest BCUT2D eigenvalue weighted by molar-refractivity contribution is -0.120. The summed E-state index contributed by atoms with van der Waals surface area (Å²) in [5, 5.41) is 2.85. The Hall–Kier alpha value is -2.85. The molecule has 0 spiro atoms. The minimum atomic E-state index is -4.18. The third-order valence-electron chi connectivity index (χ3n) is 5.50. The van der Waals surface area contributed by atoms with Crippen molar-refractivity contribution in [3.8, 4) is 0 Å². The average Bonchev–Trinajstić information content (AvgIpc) is 3.19. The van der Waals surface area contributed by atoms with Gasteiger partial charge >= 0.3 is 0 Å². The number of amides is 1. The highest BCUT2D eigenvalue weighted by molar-refractivity contribution is 7.89. The molecule has 10 heteroatoms. The summed E-state index contributed by atoms with van der Waals surface area (Å²) in [6.45, 7) is 4.03. The van der Waals surface area contributed by atoms with Gasteiger partial charge in [0.15, 0.2) is 11.5 Å². The number of piperidine rings is 1. The minimum absolute atomic E-state index is 0.0381. The largest absolute Gasteiger partial charge is 0.440 e. The summed E-state index contributed by atoms with van der Waals surface area (Å²) in [5.41, 5.74) is 1.85. The number of hydrogen-bond donors (Lipinski definition) is 1. The SMILES string of the molecule is CC(C)c1nc2cc(NC(=O)C3CCN(S(=O)(=O)c4cc(F)ccc4F)CC3)ccc2o1. The van der Waals surface area contributed by atoms with E-state index in [1.165, 1.54) is 0 Å². The number of hydrogen-bond acceptors (Lipinski definition) is 5. The molecule has 1 aromatic heterocycles. The molecule has 1 fully saturated rings. The molecule has 0 unspecified atom stereocenters. The van der Waals surface area contributed by atoms with Crippen LogP contribution in [0.3, 0.4) is 0 Å². The predicted octanol–water partition coefficient (Wildman–Crippen LogP) is 4.27. The lowest BCUT2D eigenvalue weighted by atomic mass is 9.97. The van der Waals surface area contributed by atoms with Crippen LogP contribution >= 0.6 is 0 Å². The molecule has 0 saturated carbocycles. The van der Waals surface area contributed by atoms with Crippen molar-refractivity contribution in [1.29, 1.82) is 0 Å². The maximum Gasteiger partial charge on any atom is 0.246 e. The topological polar surface area (TPSA) is 92.5 Å². The molecule has 0 radical (unpaired) electrons. The van der Waals surface area contributed by atoms with Crippen LogP contribution in [-0.4, -0.2) is 36.7 Å². The van der Waals surface area contributed by atoms with Crippen molar-refractivity contribution in [1.82, 2.24) is 9.29 Å². The number of sulfonamides is 1. The van der Waals surface area contributed by atoms with Crippen molar-refractivity contribution in [3.63, 3.8) is 0 Å². The van der Waals surface area contributed by atoms with Gasteiger partial charge in [-0.3, -0.25) is 4.79 Å². The van der Waals surface area contributed by atoms with Gasteiger partial charge in [-0.25, -0.2) is 22.2 Å². The maximum atomic E-state index is 14.0. The van der Waals surface area contributed by atoms with Gasteiger partial charge in [-0.15, -0.1) is 0 Å². The smallest absolute Gasteiger partial charge is 0.246 e. The van der Waals surface area contributed by atoms with E-state index in [2.05, 4.69) is 10.3 Å². The van der Waals surface area contributed by atoms with Crippen LogP contribution in [0.1, 0.15) is 38.5 Å². The Kier molecular flexibility index (Phi) is 6.00. The molecule has 1 aliphatic rings. The van der Waals surface area contributed by atoms with Gasteiger partial charge in [0.1, 0.15) is 22.0 Å². The van der Waals surface area contributed by atoms with Crippen molar-refractivity contribution in [2.45, 2.75) is 37.5 Å². The van der Waals surface area contributed by atoms with Crippen LogP contribution in [0, 0.1) is 17.6 Å². The Morgan fingerprint density at radius 1 is 1.16 bits per heavy atom. The highest BCUT2D eigenvalue weighted by Crippen LogP contribution is 2.28. The van der Waals surface area contributed by atoms with E-state index in [0.717, 1.165) is 16.4 Å². The van der Waals surface area contributed by atoms with Crippen LogP contribution in [0.2, 0.25) is 0 Å². The van der Waals surface area contributed by atoms with Crippen LogP contribution in [-0.2, 0) is 14.8 Å². The van der Waals surface area contributed by atoms with Crippen LogP contribution in [0.4, 0.5) is 14.5 Å². The van der Waals surface area contributed by atoms with Crippen LogP contribution < -0.4 is 5.32 Å². The molecule has 0 atom stereocenters. The number of oxazole rings is 1. The van der Waals surface area contributed by atoms with Gasteiger partial charge < -0.3 is 9.73 Å². The summed E-state index contributed by atoms with van der Waals surface area (Å²) in [6.07, 6.45) is 0.539. The van der Waals surface area contributed by atoms with Crippen LogP contribution in [0.25, 0.3) is 11.1 Å². The Morgan fingerprint density at radius 3 is 2.56 bits per heavy atom. The zero-order chi connectivity index (χ0) is 23.0. The molecule has 3 aromatic rings. The number of halogens is 2. The molecule has 1 aliphatic heterocycles. The standard InChI is InChI=1S/C22H23F2N3O4S/c1-13(2)22-26-18-12-16(4-6-19(18)31-22)25-21(28)14-7-9-27(10-8-14)32(29,30)20-11-15(23)3-5-17(20)24/h3-6,11-14H,7-10H2,1-2H3,(H,25,28). The Labute approximate surface area is 184 Å². The lowest BCUT2D eigenvalue weighted by Gasteiger charge is -2.30. The fourth-order valence-corrected chi connectivity index (χ4v) is 5.23. The van der Waals surface area contributed by atoms with Gasteiger partial charge in [-0.05, 0) is 49.2 Å². The molecule has 2 aromatic carbocycles. The molecule has 32 heavy (non-hydrogen) atoms. The number of nitrogens with one attached hydrogen (secondary N) is 1. The monoisotopic (exact) mass is 463 g/mol. The molecule has 1 N–H and O–H groups in total. The van der Waals surface area contributed by atoms with E-state index in [0.29, 0.717) is 28.7 Å². The molecule has 170 valence electrons. The second-order valence-corrected chi connectivity index (χ2v) is 10.0. The molecular weight excluding hydrogens is 440 g/mol. The van der Waals surface area contributed by atoms with Gasteiger partial charge in [-0.2, -0.15) is 4.31 Å². The van der Waals surface area contributed by atoms with E-state index in [4.69, 9.17) is 4.42 Å². The molecule has 0 bridgehead atoms. The summed E-state index contributed by atoms with van der Waals surface area (Å²) in [6, 6.07) is 7.53. The first-order valence-corrected chi connectivity index (χ1v) is 11.8. The summed E-state index contributed by atoms with van der Waals surface area (Å²) in [5.74, 6) is -1.71. The zero-order valence-corrected chi connectivity index (χ0v) is 18.5. The van der Waals surface area contributed by atoms with Gasteiger partial charge in [0.2, 0.25) is 15.9 Å². The number of anilines is 1. The molecular formula is C22H23F2N3O4S. The summed E-state index contributed by atoms with van der Waals surface area (Å²) in [7, 11) is -4.18. The van der Waals surface area contributed by atoms with Crippen molar-refractivity contribution in [2.24, 2.45) is 5.92 Å². The van der Waals surface area contributed by atoms with E-state index < -0.39 is 32.5 Å². The van der Waals surface area contributed by atoms with Gasteiger partial charge in [0.25, 0.3) is 0 Å². The van der Waals surface area contributed by atoms with Crippen LogP contribution in [0.15, 0.2) is 45.7 Å². The Morgan fingerprint density at radius 2 is 1.88 bits per heavy atom. The third kappa shape index (κ3) is 4.37. The fraction of sp³-hybridized carbons (Fsp3) is 0.364. The minimum Gasteiger partial charge on any atom is -0.440 e. The van der Waals surface area contributed by atoms with Crippen molar-refractivity contribution < 1.29 is 26.4 Å². The summed E-state index contributed by atoms with van der Waals surface area (Å²) in [4.78, 5) is 16.4. The van der Waals surface area contributed by atoms with E-state index in [-0.39, 0.29) is 37.8 Å². The van der Waals surface area contributed by atoms with E-state index in [9.17, 15) is 22.0 Å². The number of fused-ring (bicyclic) bond motifs is 1. The molecule has 1 saturated heterocycles. The number of rotatable bonds is 5. The number of nitrogens with zero attached hydrogens (tertiary/aromatic N) is 2. The van der Waals surface area contributed by atoms with Gasteiger partial charge in [0.05, 0.1) is 0 Å². The molecule has 4 rings (SSSR count). The van der Waals surface area contributed by atoms with E-state index in [1.54, 1.807) is 18.2 Å². The van der Waals surface area contributed by atoms with Crippen molar-refractivity contribution in [2.75, 3.05) is 18.4 Å². The Bertz CT molecular complexity index is 1270.